The summed E-state index contributed by atoms with van der Waals surface area (Å²) in [5.74, 6) is 1.04. The molecule has 0 spiro atoms. The zero-order valence-corrected chi connectivity index (χ0v) is 13.5. The van der Waals surface area contributed by atoms with E-state index in [9.17, 15) is 4.79 Å². The highest BCUT2D eigenvalue weighted by Crippen LogP contribution is 2.40. The van der Waals surface area contributed by atoms with Crippen LogP contribution in [-0.4, -0.2) is 17.2 Å². The lowest BCUT2D eigenvalue weighted by atomic mass is 9.82. The van der Waals surface area contributed by atoms with Crippen LogP contribution in [0.4, 0.5) is 0 Å². The van der Waals surface area contributed by atoms with Gasteiger partial charge in [-0.05, 0) is 32.3 Å². The maximum atomic E-state index is 12.8. The van der Waals surface area contributed by atoms with E-state index in [1.54, 1.807) is 7.11 Å². The van der Waals surface area contributed by atoms with Gasteiger partial charge >= 0.3 is 0 Å². The predicted octanol–water partition coefficient (Wildman–Crippen LogP) is 4.59. The Bertz CT molecular complexity index is 488. The van der Waals surface area contributed by atoms with E-state index in [2.05, 4.69) is 15.9 Å². The zero-order chi connectivity index (χ0) is 14.0. The van der Waals surface area contributed by atoms with E-state index < -0.39 is 0 Å². The van der Waals surface area contributed by atoms with Gasteiger partial charge in [-0.25, -0.2) is 0 Å². The van der Waals surface area contributed by atoms with E-state index in [1.807, 2.05) is 26.0 Å². The molecule has 1 aromatic carbocycles. The first-order valence-corrected chi connectivity index (χ1v) is 7.67. The molecule has 3 heteroatoms. The number of rotatable bonds is 3. The number of hydrogen-bond acceptors (Lipinski definition) is 2. The van der Waals surface area contributed by atoms with Crippen LogP contribution in [0.3, 0.4) is 0 Å². The molecule has 0 N–H and O–H groups in total. The molecule has 0 bridgehead atoms. The van der Waals surface area contributed by atoms with Crippen molar-refractivity contribution >= 4 is 21.7 Å². The Hall–Kier alpha value is -0.830. The van der Waals surface area contributed by atoms with Crippen molar-refractivity contribution in [3.63, 3.8) is 0 Å². The van der Waals surface area contributed by atoms with Gasteiger partial charge in [0.2, 0.25) is 0 Å². The first-order chi connectivity index (χ1) is 8.99. The molecule has 0 unspecified atom stereocenters. The summed E-state index contributed by atoms with van der Waals surface area (Å²) in [5.41, 5.74) is 2.82. The molecule has 0 atom stereocenters. The summed E-state index contributed by atoms with van der Waals surface area (Å²) in [6.45, 7) is 3.98. The van der Waals surface area contributed by atoms with Crippen molar-refractivity contribution in [2.45, 2.75) is 50.3 Å². The second kappa shape index (κ2) is 5.66. The van der Waals surface area contributed by atoms with Crippen LogP contribution in [0.5, 0.6) is 5.75 Å². The number of ketones is 1. The molecule has 1 saturated carbocycles. The van der Waals surface area contributed by atoms with Crippen LogP contribution in [0.25, 0.3) is 0 Å². The van der Waals surface area contributed by atoms with Crippen LogP contribution in [0.2, 0.25) is 0 Å². The molecule has 0 heterocycles. The largest absolute Gasteiger partial charge is 0.496 e. The van der Waals surface area contributed by atoms with Crippen LogP contribution < -0.4 is 4.74 Å². The summed E-state index contributed by atoms with van der Waals surface area (Å²) in [6.07, 6.45) is 5.35. The Balaban J connectivity index is 2.39. The number of methoxy groups -OCH3 is 1. The van der Waals surface area contributed by atoms with Gasteiger partial charge in [-0.3, -0.25) is 4.79 Å². The molecule has 1 aromatic rings. The molecular weight excluding hydrogens is 304 g/mol. The van der Waals surface area contributed by atoms with E-state index >= 15 is 0 Å². The Morgan fingerprint density at radius 2 is 1.84 bits per heavy atom. The molecule has 0 aliphatic heterocycles. The lowest BCUT2D eigenvalue weighted by Crippen LogP contribution is -2.34. The van der Waals surface area contributed by atoms with Crippen molar-refractivity contribution in [2.75, 3.05) is 7.11 Å². The average Bonchev–Trinajstić information content (AvgIpc) is 2.39. The molecule has 104 valence electrons. The summed E-state index contributed by atoms with van der Waals surface area (Å²) in [5, 5.41) is 0. The first-order valence-electron chi connectivity index (χ1n) is 6.87. The fraction of sp³-hybridized carbons (Fsp3) is 0.562. The van der Waals surface area contributed by atoms with Gasteiger partial charge in [0.1, 0.15) is 5.75 Å². The average molecular weight is 325 g/mol. The van der Waals surface area contributed by atoms with Crippen molar-refractivity contribution in [3.8, 4) is 5.75 Å². The molecule has 2 nitrogen and oxygen atoms in total. The van der Waals surface area contributed by atoms with Gasteiger partial charge in [-0.1, -0.05) is 47.3 Å². The number of benzene rings is 1. The molecule has 1 fully saturated rings. The van der Waals surface area contributed by atoms with Crippen molar-refractivity contribution < 1.29 is 9.53 Å². The van der Waals surface area contributed by atoms with E-state index in [0.29, 0.717) is 0 Å². The summed E-state index contributed by atoms with van der Waals surface area (Å²) >= 11 is 3.71. The molecule has 0 radical (unpaired) electrons. The summed E-state index contributed by atoms with van der Waals surface area (Å²) in [7, 11) is 1.66. The number of halogens is 1. The van der Waals surface area contributed by atoms with Crippen LogP contribution in [0.15, 0.2) is 12.1 Å². The molecule has 0 aromatic heterocycles. The number of alkyl halides is 1. The molecular formula is C16H21BrO2. The lowest BCUT2D eigenvalue weighted by molar-refractivity contribution is 0.0922. The van der Waals surface area contributed by atoms with Gasteiger partial charge in [-0.2, -0.15) is 0 Å². The van der Waals surface area contributed by atoms with Gasteiger partial charge in [-0.15, -0.1) is 0 Å². The summed E-state index contributed by atoms with van der Waals surface area (Å²) in [4.78, 5) is 12.8. The Morgan fingerprint density at radius 3 is 2.42 bits per heavy atom. The highest BCUT2D eigenvalue weighted by molar-refractivity contribution is 9.10. The van der Waals surface area contributed by atoms with E-state index in [0.717, 1.165) is 48.1 Å². The number of hydrogen-bond donors (Lipinski definition) is 0. The minimum Gasteiger partial charge on any atom is -0.496 e. The Morgan fingerprint density at radius 1 is 1.21 bits per heavy atom. The minimum absolute atomic E-state index is 0.211. The highest BCUT2D eigenvalue weighted by Gasteiger charge is 2.38. The van der Waals surface area contributed by atoms with E-state index in [4.69, 9.17) is 4.74 Å². The number of carbonyl (C=O) groups is 1. The third kappa shape index (κ3) is 2.71. The lowest BCUT2D eigenvalue weighted by Gasteiger charge is -2.30. The van der Waals surface area contributed by atoms with Crippen molar-refractivity contribution in [1.82, 2.24) is 0 Å². The van der Waals surface area contributed by atoms with Crippen LogP contribution >= 0.6 is 15.9 Å². The van der Waals surface area contributed by atoms with E-state index in [-0.39, 0.29) is 10.1 Å². The molecule has 0 saturated heterocycles. The SMILES string of the molecule is COc1c(C)ccc(C(=O)C2(Br)CCCCC2)c1C. The zero-order valence-electron chi connectivity index (χ0n) is 11.9. The predicted molar refractivity (Wildman–Crippen MR) is 81.5 cm³/mol. The standard InChI is InChI=1S/C16H21BrO2/c1-11-7-8-13(12(2)14(11)19-3)15(18)16(17)9-5-4-6-10-16/h7-8H,4-6,9-10H2,1-3H3. The van der Waals surface area contributed by atoms with Gasteiger partial charge in [0.05, 0.1) is 11.4 Å². The topological polar surface area (TPSA) is 26.3 Å². The van der Waals surface area contributed by atoms with Crippen LogP contribution in [0, 0.1) is 13.8 Å². The maximum absolute atomic E-state index is 12.8. The Labute approximate surface area is 123 Å². The second-order valence-corrected chi connectivity index (χ2v) is 6.96. The van der Waals surface area contributed by atoms with Crippen molar-refractivity contribution in [1.29, 1.82) is 0 Å². The molecule has 2 rings (SSSR count). The smallest absolute Gasteiger partial charge is 0.179 e. The third-order valence-electron chi connectivity index (χ3n) is 4.10. The van der Waals surface area contributed by atoms with Gasteiger partial charge in [0.25, 0.3) is 0 Å². The summed E-state index contributed by atoms with van der Waals surface area (Å²) in [6, 6.07) is 3.91. The monoisotopic (exact) mass is 324 g/mol. The fourth-order valence-corrected chi connectivity index (χ4v) is 3.74. The van der Waals surface area contributed by atoms with Crippen molar-refractivity contribution in [2.24, 2.45) is 0 Å². The quantitative estimate of drug-likeness (QED) is 0.600. The van der Waals surface area contributed by atoms with Crippen LogP contribution in [0.1, 0.15) is 53.6 Å². The normalized spacial score (nSPS) is 18.1. The second-order valence-electron chi connectivity index (χ2n) is 5.44. The summed E-state index contributed by atoms with van der Waals surface area (Å²) < 4.78 is 5.05. The molecule has 19 heavy (non-hydrogen) atoms. The number of ether oxygens (including phenoxy) is 1. The van der Waals surface area contributed by atoms with Crippen molar-refractivity contribution in [3.05, 3.63) is 28.8 Å². The fourth-order valence-electron chi connectivity index (χ4n) is 2.97. The van der Waals surface area contributed by atoms with E-state index in [1.165, 1.54) is 6.42 Å². The van der Waals surface area contributed by atoms with Crippen LogP contribution in [-0.2, 0) is 0 Å². The number of Topliss-reactive ketones (excluding diaryl/α,β-unsaturated/α-hetero) is 1. The Kier molecular flexibility index (Phi) is 4.34. The molecule has 1 aliphatic carbocycles. The number of aryl methyl sites for hydroxylation is 1. The van der Waals surface area contributed by atoms with Gasteiger partial charge in [0.15, 0.2) is 5.78 Å². The molecule has 0 amide bonds. The minimum atomic E-state index is -0.365. The van der Waals surface area contributed by atoms with Gasteiger partial charge < -0.3 is 4.74 Å². The highest BCUT2D eigenvalue weighted by atomic mass is 79.9. The molecule has 1 aliphatic rings. The third-order valence-corrected chi connectivity index (χ3v) is 5.26. The number of carbonyl (C=O) groups excluding carboxylic acids is 1. The first kappa shape index (κ1) is 14.6. The maximum Gasteiger partial charge on any atom is 0.179 e. The van der Waals surface area contributed by atoms with Gasteiger partial charge in [0, 0.05) is 11.1 Å².